The molecule has 1 unspecified atom stereocenters. The van der Waals surface area contributed by atoms with Crippen LogP contribution in [0.15, 0.2) is 23.8 Å². The van der Waals surface area contributed by atoms with E-state index >= 15 is 0 Å². The van der Waals surface area contributed by atoms with Crippen LogP contribution in [0.3, 0.4) is 0 Å². The van der Waals surface area contributed by atoms with Gasteiger partial charge in [0, 0.05) is 44.9 Å². The first kappa shape index (κ1) is 31.6. The van der Waals surface area contributed by atoms with Crippen molar-refractivity contribution in [3.05, 3.63) is 32.9 Å². The Hall–Kier alpha value is -1.97. The van der Waals surface area contributed by atoms with Crippen LogP contribution in [-0.4, -0.2) is 103 Å². The first-order chi connectivity index (χ1) is 18.8. The molecular formula is C27H39IN2O9. The molecule has 1 aliphatic heterocycles. The van der Waals surface area contributed by atoms with Crippen molar-refractivity contribution in [3.63, 3.8) is 0 Å². The first-order valence-electron chi connectivity index (χ1n) is 13.3. The highest BCUT2D eigenvalue weighted by Gasteiger charge is 2.42. The number of benzene rings is 1. The monoisotopic (exact) mass is 662 g/mol. The summed E-state index contributed by atoms with van der Waals surface area (Å²) in [5, 5.41) is 33.0. The molecule has 1 heterocycles. The van der Waals surface area contributed by atoms with E-state index in [1.165, 1.54) is 7.11 Å². The van der Waals surface area contributed by atoms with E-state index in [1.54, 1.807) is 23.1 Å². The minimum Gasteiger partial charge on any atom is -0.493 e. The van der Waals surface area contributed by atoms with E-state index in [0.29, 0.717) is 65.4 Å². The average molecular weight is 663 g/mol. The lowest BCUT2D eigenvalue weighted by Gasteiger charge is -2.41. The van der Waals surface area contributed by atoms with Crippen LogP contribution in [-0.2, 0) is 25.7 Å². The van der Waals surface area contributed by atoms with Crippen molar-refractivity contribution < 1.29 is 43.9 Å². The molecule has 2 amide bonds. The van der Waals surface area contributed by atoms with Crippen LogP contribution in [0.1, 0.15) is 38.2 Å². The summed E-state index contributed by atoms with van der Waals surface area (Å²) in [5.74, 6) is 0.0672. The molecule has 218 valence electrons. The van der Waals surface area contributed by atoms with Gasteiger partial charge in [0.1, 0.15) is 18.3 Å². The molecule has 2 aliphatic rings. The van der Waals surface area contributed by atoms with Crippen molar-refractivity contribution in [2.24, 2.45) is 0 Å². The number of nitrogens with zero attached hydrogens (tertiary/aromatic N) is 1. The summed E-state index contributed by atoms with van der Waals surface area (Å²) in [5.41, 5.74) is 0.965. The van der Waals surface area contributed by atoms with Crippen LogP contribution >= 0.6 is 22.6 Å². The lowest BCUT2D eigenvalue weighted by Crippen LogP contribution is -2.57. The fraction of sp³-hybridized carbons (Fsp3) is 0.630. The van der Waals surface area contributed by atoms with Gasteiger partial charge in [-0.3, -0.25) is 9.59 Å². The van der Waals surface area contributed by atoms with Gasteiger partial charge in [-0.15, -0.1) is 0 Å². The average Bonchev–Trinajstić information content (AvgIpc) is 3.48. The number of amides is 2. The normalized spacial score (nSPS) is 22.8. The third-order valence-electron chi connectivity index (χ3n) is 6.72. The SMILES string of the molecule is CCOCCCN(C(=O)C1CCCO1)[C@@H]1CC(C(=O)NCCO)=C[C@H](Oc2c(I)cc(CO)cc2OC)[C@H]1O. The number of hydrogen-bond donors (Lipinski definition) is 4. The van der Waals surface area contributed by atoms with Gasteiger partial charge in [0.25, 0.3) is 5.91 Å². The Morgan fingerprint density at radius 3 is 2.72 bits per heavy atom. The van der Waals surface area contributed by atoms with E-state index in [4.69, 9.17) is 18.9 Å². The van der Waals surface area contributed by atoms with Crippen molar-refractivity contribution >= 4 is 34.4 Å². The minimum atomic E-state index is -1.17. The van der Waals surface area contributed by atoms with Gasteiger partial charge in [0.2, 0.25) is 5.91 Å². The van der Waals surface area contributed by atoms with Crippen LogP contribution in [0.4, 0.5) is 0 Å². The summed E-state index contributed by atoms with van der Waals surface area (Å²) < 4.78 is 23.5. The van der Waals surface area contributed by atoms with Gasteiger partial charge in [0.05, 0.1) is 29.9 Å². The highest BCUT2D eigenvalue weighted by molar-refractivity contribution is 14.1. The van der Waals surface area contributed by atoms with Crippen LogP contribution in [0.5, 0.6) is 11.5 Å². The summed E-state index contributed by atoms with van der Waals surface area (Å²) >= 11 is 2.06. The predicted octanol–water partition coefficient (Wildman–Crippen LogP) is 1.14. The summed E-state index contributed by atoms with van der Waals surface area (Å²) in [6.45, 7) is 3.36. The third kappa shape index (κ3) is 8.27. The van der Waals surface area contributed by atoms with Gasteiger partial charge in [-0.05, 0) is 72.5 Å². The van der Waals surface area contributed by atoms with Crippen molar-refractivity contribution in [2.75, 3.05) is 46.6 Å². The second-order valence-electron chi connectivity index (χ2n) is 9.37. The Morgan fingerprint density at radius 2 is 2.08 bits per heavy atom. The Kier molecular flexibility index (Phi) is 12.7. The molecule has 39 heavy (non-hydrogen) atoms. The van der Waals surface area contributed by atoms with Crippen molar-refractivity contribution in [1.82, 2.24) is 10.2 Å². The number of aliphatic hydroxyl groups is 3. The number of rotatable bonds is 14. The van der Waals surface area contributed by atoms with E-state index in [0.717, 1.165) is 6.42 Å². The number of carbonyl (C=O) groups is 2. The molecule has 11 nitrogen and oxygen atoms in total. The van der Waals surface area contributed by atoms with Gasteiger partial charge in [-0.2, -0.15) is 0 Å². The first-order valence-corrected chi connectivity index (χ1v) is 14.3. The molecule has 0 radical (unpaired) electrons. The van der Waals surface area contributed by atoms with Crippen LogP contribution in [0.25, 0.3) is 0 Å². The van der Waals surface area contributed by atoms with Gasteiger partial charge >= 0.3 is 0 Å². The summed E-state index contributed by atoms with van der Waals surface area (Å²) in [7, 11) is 1.48. The van der Waals surface area contributed by atoms with Crippen LogP contribution in [0.2, 0.25) is 0 Å². The summed E-state index contributed by atoms with van der Waals surface area (Å²) in [6.07, 6.45) is 0.803. The zero-order valence-electron chi connectivity index (χ0n) is 22.4. The highest BCUT2D eigenvalue weighted by atomic mass is 127. The van der Waals surface area contributed by atoms with Crippen molar-refractivity contribution in [2.45, 2.75) is 63.6 Å². The van der Waals surface area contributed by atoms with Crippen LogP contribution in [0, 0.1) is 3.57 Å². The lowest BCUT2D eigenvalue weighted by molar-refractivity contribution is -0.148. The highest BCUT2D eigenvalue weighted by Crippen LogP contribution is 2.37. The molecule has 1 saturated heterocycles. The number of hydrogen-bond acceptors (Lipinski definition) is 9. The molecule has 4 N–H and O–H groups in total. The molecular weight excluding hydrogens is 623 g/mol. The standard InChI is InChI=1S/C27H39IN2O9/c1-3-37-10-5-8-30(27(35)21-6-4-11-38-21)20-14-18(26(34)29-7-9-31)15-22(24(20)33)39-25-19(28)12-17(16-32)13-23(25)36-2/h12-13,15,20-22,24,31-33H,3-11,14,16H2,1-2H3,(H,29,34)/t20-,21?,22+,24+/m1/s1. The summed E-state index contributed by atoms with van der Waals surface area (Å²) in [6, 6.07) is 2.61. The quantitative estimate of drug-likeness (QED) is 0.170. The second kappa shape index (κ2) is 15.7. The minimum absolute atomic E-state index is 0.0657. The molecule has 4 atom stereocenters. The molecule has 3 rings (SSSR count). The maximum atomic E-state index is 13.6. The van der Waals surface area contributed by atoms with E-state index in [9.17, 15) is 24.9 Å². The Morgan fingerprint density at radius 1 is 1.28 bits per heavy atom. The molecule has 0 saturated carbocycles. The Balaban J connectivity index is 1.96. The van der Waals surface area contributed by atoms with E-state index in [1.807, 2.05) is 6.92 Å². The molecule has 0 bridgehead atoms. The van der Waals surface area contributed by atoms with Gasteiger partial charge in [0.15, 0.2) is 11.5 Å². The fourth-order valence-electron chi connectivity index (χ4n) is 4.77. The maximum absolute atomic E-state index is 13.6. The number of ether oxygens (including phenoxy) is 4. The Bertz CT molecular complexity index is 1000. The Labute approximate surface area is 242 Å². The third-order valence-corrected chi connectivity index (χ3v) is 7.52. The molecule has 12 heteroatoms. The molecule has 0 aromatic heterocycles. The number of aliphatic hydroxyl groups excluding tert-OH is 3. The van der Waals surface area contributed by atoms with Gasteiger partial charge < -0.3 is 44.5 Å². The zero-order chi connectivity index (χ0) is 28.4. The fourth-order valence-corrected chi connectivity index (χ4v) is 5.57. The van der Waals surface area contributed by atoms with Crippen LogP contribution < -0.4 is 14.8 Å². The number of carbonyl (C=O) groups excluding carboxylic acids is 2. The van der Waals surface area contributed by atoms with E-state index in [-0.39, 0.29) is 32.1 Å². The lowest BCUT2D eigenvalue weighted by atomic mass is 9.87. The van der Waals surface area contributed by atoms with Gasteiger partial charge in [-0.1, -0.05) is 0 Å². The molecule has 1 aromatic rings. The van der Waals surface area contributed by atoms with Crippen molar-refractivity contribution in [1.29, 1.82) is 0 Å². The van der Waals surface area contributed by atoms with E-state index in [2.05, 4.69) is 27.9 Å². The topological polar surface area (TPSA) is 147 Å². The van der Waals surface area contributed by atoms with Gasteiger partial charge in [-0.25, -0.2) is 0 Å². The molecule has 1 fully saturated rings. The smallest absolute Gasteiger partial charge is 0.252 e. The van der Waals surface area contributed by atoms with E-state index < -0.39 is 30.3 Å². The van der Waals surface area contributed by atoms with Crippen molar-refractivity contribution in [3.8, 4) is 11.5 Å². The number of nitrogens with one attached hydrogen (secondary N) is 1. The predicted molar refractivity (Wildman–Crippen MR) is 150 cm³/mol. The molecule has 1 aliphatic carbocycles. The summed E-state index contributed by atoms with van der Waals surface area (Å²) in [4.78, 5) is 28.2. The number of methoxy groups -OCH3 is 1. The molecule has 0 spiro atoms. The second-order valence-corrected chi connectivity index (χ2v) is 10.5. The maximum Gasteiger partial charge on any atom is 0.252 e. The number of halogens is 1. The zero-order valence-corrected chi connectivity index (χ0v) is 24.6. The largest absolute Gasteiger partial charge is 0.493 e. The molecule has 1 aromatic carbocycles.